The van der Waals surface area contributed by atoms with Crippen LogP contribution in [0.2, 0.25) is 0 Å². The van der Waals surface area contributed by atoms with Crippen molar-refractivity contribution in [1.29, 1.82) is 0 Å². The van der Waals surface area contributed by atoms with Crippen LogP contribution in [0.25, 0.3) is 0 Å². The minimum atomic E-state index is 0.446. The Morgan fingerprint density at radius 3 is 2.71 bits per heavy atom. The van der Waals surface area contributed by atoms with Crippen LogP contribution in [0.4, 0.5) is 0 Å². The largest absolute Gasteiger partial charge is 0.312 e. The predicted octanol–water partition coefficient (Wildman–Crippen LogP) is 2.18. The first-order valence-corrected chi connectivity index (χ1v) is 5.36. The van der Waals surface area contributed by atoms with Crippen molar-refractivity contribution < 1.29 is 0 Å². The minimum absolute atomic E-state index is 0.446. The van der Waals surface area contributed by atoms with Crippen LogP contribution in [-0.4, -0.2) is 16.8 Å². The summed E-state index contributed by atoms with van der Waals surface area (Å²) >= 11 is 0. The summed E-state index contributed by atoms with van der Waals surface area (Å²) in [6.45, 7) is 4.26. The third-order valence-corrected chi connectivity index (χ3v) is 2.59. The Hall–Kier alpha value is -0.830. The van der Waals surface area contributed by atoms with Gasteiger partial charge in [-0.25, -0.2) is 0 Å². The molecular weight excluding hydrogens is 174 g/mol. The van der Waals surface area contributed by atoms with E-state index in [4.69, 9.17) is 0 Å². The van der Waals surface area contributed by atoms with Gasteiger partial charge in [-0.05, 0) is 26.5 Å². The fourth-order valence-corrected chi connectivity index (χ4v) is 1.81. The van der Waals surface area contributed by atoms with E-state index in [1.165, 1.54) is 25.0 Å². The quantitative estimate of drug-likeness (QED) is 0.780. The lowest BCUT2D eigenvalue weighted by Gasteiger charge is -2.15. The van der Waals surface area contributed by atoms with Crippen molar-refractivity contribution >= 4 is 0 Å². The van der Waals surface area contributed by atoms with E-state index in [0.29, 0.717) is 6.04 Å². The number of rotatable bonds is 5. The molecule has 0 aliphatic carbocycles. The zero-order valence-corrected chi connectivity index (χ0v) is 9.67. The maximum Gasteiger partial charge on any atom is 0.0597 e. The number of aromatic nitrogens is 2. The highest BCUT2D eigenvalue weighted by Gasteiger charge is 2.12. The maximum atomic E-state index is 4.36. The van der Waals surface area contributed by atoms with Crippen molar-refractivity contribution in [2.45, 2.75) is 39.2 Å². The number of hydrogen-bond acceptors (Lipinski definition) is 2. The van der Waals surface area contributed by atoms with Gasteiger partial charge in [0.05, 0.1) is 11.4 Å². The van der Waals surface area contributed by atoms with Gasteiger partial charge in [-0.3, -0.25) is 4.68 Å². The van der Waals surface area contributed by atoms with E-state index in [1.54, 1.807) is 0 Å². The Morgan fingerprint density at radius 1 is 1.57 bits per heavy atom. The smallest absolute Gasteiger partial charge is 0.0597 e. The van der Waals surface area contributed by atoms with Gasteiger partial charge in [0.25, 0.3) is 0 Å². The molecule has 0 aliphatic rings. The topological polar surface area (TPSA) is 29.9 Å². The van der Waals surface area contributed by atoms with Gasteiger partial charge in [0.2, 0.25) is 0 Å². The molecule has 0 aliphatic heterocycles. The van der Waals surface area contributed by atoms with Crippen LogP contribution < -0.4 is 5.32 Å². The van der Waals surface area contributed by atoms with E-state index in [0.717, 1.165) is 5.69 Å². The first-order chi connectivity index (χ1) is 6.69. The predicted molar refractivity (Wildman–Crippen MR) is 59.3 cm³/mol. The Bertz CT molecular complexity index is 278. The van der Waals surface area contributed by atoms with Gasteiger partial charge in [-0.1, -0.05) is 19.8 Å². The Labute approximate surface area is 86.5 Å². The molecule has 0 spiro atoms. The molecule has 3 nitrogen and oxygen atoms in total. The van der Waals surface area contributed by atoms with Gasteiger partial charge in [-0.15, -0.1) is 0 Å². The number of aryl methyl sites for hydroxylation is 2. The van der Waals surface area contributed by atoms with E-state index in [9.17, 15) is 0 Å². The summed E-state index contributed by atoms with van der Waals surface area (Å²) < 4.78 is 1.98. The van der Waals surface area contributed by atoms with Gasteiger partial charge in [0.1, 0.15) is 0 Å². The van der Waals surface area contributed by atoms with Crippen LogP contribution in [0.3, 0.4) is 0 Å². The van der Waals surface area contributed by atoms with Crippen LogP contribution in [0, 0.1) is 6.92 Å². The Balaban J connectivity index is 2.72. The molecular formula is C11H21N3. The number of nitrogens with zero attached hydrogens (tertiary/aromatic N) is 2. The standard InChI is InChI=1S/C11H21N3/c1-5-6-7-10(12-3)11-8-9(2)13-14(11)4/h8,10,12H,5-7H2,1-4H3. The molecule has 0 aromatic carbocycles. The van der Waals surface area contributed by atoms with Crippen molar-refractivity contribution in [2.75, 3.05) is 7.05 Å². The monoisotopic (exact) mass is 195 g/mol. The zero-order valence-electron chi connectivity index (χ0n) is 9.67. The minimum Gasteiger partial charge on any atom is -0.312 e. The number of nitrogens with one attached hydrogen (secondary N) is 1. The van der Waals surface area contributed by atoms with E-state index in [2.05, 4.69) is 23.4 Å². The summed E-state index contributed by atoms with van der Waals surface area (Å²) in [4.78, 5) is 0. The fraction of sp³-hybridized carbons (Fsp3) is 0.727. The normalized spacial score (nSPS) is 13.1. The highest BCUT2D eigenvalue weighted by molar-refractivity contribution is 5.12. The average Bonchev–Trinajstić information content (AvgIpc) is 2.47. The number of unbranched alkanes of at least 4 members (excludes halogenated alkanes) is 1. The molecule has 1 unspecified atom stereocenters. The molecule has 0 saturated heterocycles. The summed E-state index contributed by atoms with van der Waals surface area (Å²) in [6, 6.07) is 2.61. The molecule has 1 atom stereocenters. The molecule has 80 valence electrons. The Kier molecular flexibility index (Phi) is 4.14. The number of hydrogen-bond donors (Lipinski definition) is 1. The SMILES string of the molecule is CCCCC(NC)c1cc(C)nn1C. The third kappa shape index (κ3) is 2.58. The van der Waals surface area contributed by atoms with Gasteiger partial charge >= 0.3 is 0 Å². The van der Waals surface area contributed by atoms with Gasteiger partial charge < -0.3 is 5.32 Å². The van der Waals surface area contributed by atoms with Gasteiger partial charge in [0.15, 0.2) is 0 Å². The van der Waals surface area contributed by atoms with Crippen molar-refractivity contribution in [3.8, 4) is 0 Å². The van der Waals surface area contributed by atoms with Crippen LogP contribution in [0.1, 0.15) is 43.6 Å². The second kappa shape index (κ2) is 5.15. The summed E-state index contributed by atoms with van der Waals surface area (Å²) in [5.41, 5.74) is 2.39. The molecule has 1 heterocycles. The molecule has 1 aromatic rings. The molecule has 0 fully saturated rings. The second-order valence-corrected chi connectivity index (χ2v) is 3.82. The van der Waals surface area contributed by atoms with Crippen LogP contribution in [-0.2, 0) is 7.05 Å². The van der Waals surface area contributed by atoms with Crippen molar-refractivity contribution in [3.63, 3.8) is 0 Å². The lowest BCUT2D eigenvalue weighted by Crippen LogP contribution is -2.19. The summed E-state index contributed by atoms with van der Waals surface area (Å²) in [5.74, 6) is 0. The van der Waals surface area contributed by atoms with Crippen molar-refractivity contribution in [2.24, 2.45) is 7.05 Å². The molecule has 0 amide bonds. The van der Waals surface area contributed by atoms with Crippen molar-refractivity contribution in [3.05, 3.63) is 17.5 Å². The van der Waals surface area contributed by atoms with Gasteiger partial charge in [0, 0.05) is 13.1 Å². The first-order valence-electron chi connectivity index (χ1n) is 5.36. The lowest BCUT2D eigenvalue weighted by atomic mass is 10.1. The van der Waals surface area contributed by atoms with Crippen LogP contribution in [0.15, 0.2) is 6.07 Å². The highest BCUT2D eigenvalue weighted by atomic mass is 15.3. The van der Waals surface area contributed by atoms with Gasteiger partial charge in [-0.2, -0.15) is 5.10 Å². The molecule has 1 rings (SSSR count). The maximum absolute atomic E-state index is 4.36. The van der Waals surface area contributed by atoms with Crippen LogP contribution in [0.5, 0.6) is 0 Å². The molecule has 14 heavy (non-hydrogen) atoms. The Morgan fingerprint density at radius 2 is 2.29 bits per heavy atom. The first kappa shape index (κ1) is 11.2. The second-order valence-electron chi connectivity index (χ2n) is 3.82. The van der Waals surface area contributed by atoms with E-state index < -0.39 is 0 Å². The molecule has 3 heteroatoms. The summed E-state index contributed by atoms with van der Waals surface area (Å²) in [6.07, 6.45) is 3.69. The average molecular weight is 195 g/mol. The van der Waals surface area contributed by atoms with E-state index in [1.807, 2.05) is 25.7 Å². The van der Waals surface area contributed by atoms with E-state index >= 15 is 0 Å². The summed E-state index contributed by atoms with van der Waals surface area (Å²) in [7, 11) is 4.03. The molecule has 0 saturated carbocycles. The van der Waals surface area contributed by atoms with Crippen molar-refractivity contribution in [1.82, 2.24) is 15.1 Å². The van der Waals surface area contributed by atoms with Crippen LogP contribution >= 0.6 is 0 Å². The molecule has 1 N–H and O–H groups in total. The lowest BCUT2D eigenvalue weighted by molar-refractivity contribution is 0.487. The third-order valence-electron chi connectivity index (χ3n) is 2.59. The fourth-order valence-electron chi connectivity index (χ4n) is 1.81. The molecule has 0 bridgehead atoms. The van der Waals surface area contributed by atoms with E-state index in [-0.39, 0.29) is 0 Å². The highest BCUT2D eigenvalue weighted by Crippen LogP contribution is 2.19. The molecule has 1 aromatic heterocycles. The molecule has 0 radical (unpaired) electrons. The summed E-state index contributed by atoms with van der Waals surface area (Å²) in [5, 5.41) is 7.71. The zero-order chi connectivity index (χ0) is 10.6.